The molecule has 7 heavy (non-hydrogen) atoms. The van der Waals surface area contributed by atoms with Crippen molar-refractivity contribution in [2.45, 2.75) is 18.9 Å². The van der Waals surface area contributed by atoms with Gasteiger partial charge in [0, 0.05) is 26.1 Å². The van der Waals surface area contributed by atoms with Gasteiger partial charge in [0.1, 0.15) is 0 Å². The van der Waals surface area contributed by atoms with E-state index in [9.17, 15) is 5.11 Å². The van der Waals surface area contributed by atoms with Crippen LogP contribution >= 0.6 is 0 Å². The summed E-state index contributed by atoms with van der Waals surface area (Å²) in [5.41, 5.74) is 0. The molecule has 0 atom stereocenters. The van der Waals surface area contributed by atoms with Crippen LogP contribution in [0.4, 0.5) is 0 Å². The third-order valence-corrected chi connectivity index (χ3v) is 1.17. The smallest absolute Gasteiger partial charge is 0.0973 e. The Morgan fingerprint density at radius 3 is 2.14 bits per heavy atom. The Morgan fingerprint density at radius 1 is 1.29 bits per heavy atom. The van der Waals surface area contributed by atoms with Crippen molar-refractivity contribution in [3.05, 3.63) is 0 Å². The van der Waals surface area contributed by atoms with Crippen LogP contribution in [0.1, 0.15) is 12.8 Å². The molecule has 0 amide bonds. The van der Waals surface area contributed by atoms with Gasteiger partial charge in [-0.1, -0.05) is 0 Å². The summed E-state index contributed by atoms with van der Waals surface area (Å²) in [4.78, 5) is 0. The van der Waals surface area contributed by atoms with Gasteiger partial charge in [-0.05, 0) is 0 Å². The number of ether oxygens (including phenoxy) is 1. The van der Waals surface area contributed by atoms with Crippen LogP contribution in [0, 0.1) is 0 Å². The molecule has 0 unspecified atom stereocenters. The first-order chi connectivity index (χ1) is 3.39. The standard InChI is InChI=1S/C5H9O2/c6-5-1-3-7-4-2-5/h5H,1-4H2. The van der Waals surface area contributed by atoms with Gasteiger partial charge in [0.15, 0.2) is 0 Å². The first-order valence-corrected chi connectivity index (χ1v) is 2.63. The molecule has 0 aromatic heterocycles. The average molecular weight is 101 g/mol. The predicted molar refractivity (Wildman–Crippen MR) is 24.5 cm³/mol. The highest BCUT2D eigenvalue weighted by Crippen LogP contribution is 2.04. The molecule has 1 rings (SSSR count). The molecule has 0 aromatic rings. The van der Waals surface area contributed by atoms with E-state index in [-0.39, 0.29) is 6.10 Å². The fourth-order valence-electron chi connectivity index (χ4n) is 0.676. The second-order valence-electron chi connectivity index (χ2n) is 1.81. The van der Waals surface area contributed by atoms with E-state index in [2.05, 4.69) is 0 Å². The fourth-order valence-corrected chi connectivity index (χ4v) is 0.676. The van der Waals surface area contributed by atoms with Crippen LogP contribution in [-0.2, 0) is 9.84 Å². The highest BCUT2D eigenvalue weighted by molar-refractivity contribution is 4.57. The molecule has 2 heteroatoms. The second-order valence-corrected chi connectivity index (χ2v) is 1.81. The van der Waals surface area contributed by atoms with Crippen LogP contribution in [0.2, 0.25) is 0 Å². The third kappa shape index (κ3) is 1.45. The quantitative estimate of drug-likeness (QED) is 0.439. The van der Waals surface area contributed by atoms with Crippen LogP contribution in [0.5, 0.6) is 0 Å². The number of hydrogen-bond acceptors (Lipinski definition) is 1. The van der Waals surface area contributed by atoms with E-state index in [4.69, 9.17) is 4.74 Å². The van der Waals surface area contributed by atoms with E-state index >= 15 is 0 Å². The van der Waals surface area contributed by atoms with E-state index in [0.717, 1.165) is 0 Å². The molecule has 1 aliphatic rings. The van der Waals surface area contributed by atoms with Crippen molar-refractivity contribution < 1.29 is 9.84 Å². The maximum Gasteiger partial charge on any atom is 0.0973 e. The lowest BCUT2D eigenvalue weighted by atomic mass is 10.2. The number of hydrogen-bond donors (Lipinski definition) is 0. The minimum atomic E-state index is -0.339. The normalized spacial score (nSPS) is 25.3. The lowest BCUT2D eigenvalue weighted by Crippen LogP contribution is -2.18. The van der Waals surface area contributed by atoms with Gasteiger partial charge in [-0.15, -0.1) is 0 Å². The second kappa shape index (κ2) is 2.28. The lowest BCUT2D eigenvalue weighted by molar-refractivity contribution is -0.0207. The largest absolute Gasteiger partial charge is 0.381 e. The molecular formula is C5H9O2. The highest BCUT2D eigenvalue weighted by atomic mass is 16.5. The van der Waals surface area contributed by atoms with Gasteiger partial charge >= 0.3 is 0 Å². The molecule has 41 valence electrons. The molecule has 0 saturated carbocycles. The van der Waals surface area contributed by atoms with Crippen molar-refractivity contribution in [2.75, 3.05) is 13.2 Å². The van der Waals surface area contributed by atoms with E-state index in [1.54, 1.807) is 0 Å². The molecule has 0 aliphatic carbocycles. The summed E-state index contributed by atoms with van der Waals surface area (Å²) in [7, 11) is 0. The van der Waals surface area contributed by atoms with Crippen LogP contribution in [0.25, 0.3) is 0 Å². The maximum absolute atomic E-state index is 10.5. The highest BCUT2D eigenvalue weighted by Gasteiger charge is 2.09. The zero-order valence-corrected chi connectivity index (χ0v) is 4.22. The fraction of sp³-hybridized carbons (Fsp3) is 1.00. The Bertz CT molecular complexity index is 48.0. The van der Waals surface area contributed by atoms with Gasteiger partial charge in [0.2, 0.25) is 0 Å². The van der Waals surface area contributed by atoms with Crippen molar-refractivity contribution in [2.24, 2.45) is 0 Å². The minimum absolute atomic E-state index is 0.339. The van der Waals surface area contributed by atoms with Gasteiger partial charge in [0.25, 0.3) is 0 Å². The molecule has 1 aliphatic heterocycles. The molecule has 0 aromatic carbocycles. The monoisotopic (exact) mass is 101 g/mol. The average Bonchev–Trinajstić information content (AvgIpc) is 1.69. The van der Waals surface area contributed by atoms with Crippen molar-refractivity contribution in [1.29, 1.82) is 0 Å². The van der Waals surface area contributed by atoms with Crippen molar-refractivity contribution in [3.63, 3.8) is 0 Å². The summed E-state index contributed by atoms with van der Waals surface area (Å²) in [6.45, 7) is 1.35. The van der Waals surface area contributed by atoms with E-state index in [1.165, 1.54) is 0 Å². The molecule has 0 bridgehead atoms. The van der Waals surface area contributed by atoms with Crippen LogP contribution in [0.3, 0.4) is 0 Å². The van der Waals surface area contributed by atoms with Gasteiger partial charge in [0.05, 0.1) is 6.10 Å². The minimum Gasteiger partial charge on any atom is -0.381 e. The Labute approximate surface area is 43.1 Å². The molecule has 0 spiro atoms. The first kappa shape index (κ1) is 5.06. The van der Waals surface area contributed by atoms with E-state index in [0.29, 0.717) is 26.1 Å². The third-order valence-electron chi connectivity index (χ3n) is 1.17. The van der Waals surface area contributed by atoms with E-state index < -0.39 is 0 Å². The Kier molecular flexibility index (Phi) is 1.65. The van der Waals surface area contributed by atoms with Crippen molar-refractivity contribution in [1.82, 2.24) is 0 Å². The molecule has 0 N–H and O–H groups in total. The molecule has 2 nitrogen and oxygen atoms in total. The summed E-state index contributed by atoms with van der Waals surface area (Å²) < 4.78 is 4.94. The Morgan fingerprint density at radius 2 is 1.86 bits per heavy atom. The molecule has 1 fully saturated rings. The Hall–Kier alpha value is -0.0800. The van der Waals surface area contributed by atoms with Gasteiger partial charge < -0.3 is 4.74 Å². The SMILES string of the molecule is [O]C1CCOCC1. The van der Waals surface area contributed by atoms with Crippen molar-refractivity contribution >= 4 is 0 Å². The van der Waals surface area contributed by atoms with Crippen LogP contribution in [0.15, 0.2) is 0 Å². The van der Waals surface area contributed by atoms with Gasteiger partial charge in [-0.3, -0.25) is 0 Å². The summed E-state index contributed by atoms with van der Waals surface area (Å²) >= 11 is 0. The van der Waals surface area contributed by atoms with Crippen molar-refractivity contribution in [3.8, 4) is 0 Å². The summed E-state index contributed by atoms with van der Waals surface area (Å²) in [5.74, 6) is 0. The zero-order chi connectivity index (χ0) is 5.11. The van der Waals surface area contributed by atoms with Crippen LogP contribution in [-0.4, -0.2) is 19.3 Å². The molecule has 1 heterocycles. The molecule has 1 saturated heterocycles. The summed E-state index contributed by atoms with van der Waals surface area (Å²) in [5, 5.41) is 10.5. The lowest BCUT2D eigenvalue weighted by Gasteiger charge is -2.13. The van der Waals surface area contributed by atoms with E-state index in [1.807, 2.05) is 0 Å². The predicted octanol–water partition coefficient (Wildman–Crippen LogP) is 0.596. The Balaban J connectivity index is 2.12. The topological polar surface area (TPSA) is 29.1 Å². The zero-order valence-electron chi connectivity index (χ0n) is 4.22. The molecular weight excluding hydrogens is 92.1 g/mol. The van der Waals surface area contributed by atoms with Gasteiger partial charge in [-0.2, -0.15) is 0 Å². The van der Waals surface area contributed by atoms with Gasteiger partial charge in [-0.25, -0.2) is 5.11 Å². The molecule has 1 radical (unpaired) electrons. The number of rotatable bonds is 0. The summed E-state index contributed by atoms with van der Waals surface area (Å²) in [6.07, 6.45) is 1.08. The summed E-state index contributed by atoms with van der Waals surface area (Å²) in [6, 6.07) is 0. The van der Waals surface area contributed by atoms with Crippen LogP contribution < -0.4 is 0 Å². The first-order valence-electron chi connectivity index (χ1n) is 2.63. The maximum atomic E-state index is 10.5.